The molecule has 0 saturated carbocycles. The first-order valence-electron chi connectivity index (χ1n) is 10.9. The summed E-state index contributed by atoms with van der Waals surface area (Å²) in [4.78, 5) is 21.8. The molecule has 2 aliphatic heterocycles. The number of hydrogen-bond donors (Lipinski definition) is 2. The van der Waals surface area contributed by atoms with Crippen molar-refractivity contribution in [3.8, 4) is 0 Å². The summed E-state index contributed by atoms with van der Waals surface area (Å²) in [6, 6.07) is 0.642. The van der Waals surface area contributed by atoms with E-state index in [1.807, 2.05) is 27.8 Å². The van der Waals surface area contributed by atoms with Crippen molar-refractivity contribution in [2.45, 2.75) is 83.9 Å². The van der Waals surface area contributed by atoms with Crippen molar-refractivity contribution in [2.75, 3.05) is 39.8 Å². The molecule has 2 aliphatic rings. The molecule has 2 rings (SSSR count). The van der Waals surface area contributed by atoms with Gasteiger partial charge in [-0.05, 0) is 66.0 Å². The quantitative estimate of drug-likeness (QED) is 0.317. The summed E-state index contributed by atoms with van der Waals surface area (Å²) in [5.41, 5.74) is -0.854. The molecule has 0 radical (unpaired) electrons. The van der Waals surface area contributed by atoms with Crippen LogP contribution >= 0.6 is 24.0 Å². The Morgan fingerprint density at radius 2 is 1.76 bits per heavy atom. The minimum absolute atomic E-state index is 0. The van der Waals surface area contributed by atoms with Gasteiger partial charge in [-0.1, -0.05) is 13.8 Å². The summed E-state index contributed by atoms with van der Waals surface area (Å²) in [5, 5.41) is 6.63. The van der Waals surface area contributed by atoms with Crippen molar-refractivity contribution in [2.24, 2.45) is 4.99 Å². The molecule has 2 saturated heterocycles. The average Bonchev–Trinajstić information content (AvgIpc) is 3.31. The predicted molar refractivity (Wildman–Crippen MR) is 130 cm³/mol. The number of amides is 1. The van der Waals surface area contributed by atoms with E-state index in [-0.39, 0.29) is 35.6 Å². The third kappa shape index (κ3) is 7.77. The van der Waals surface area contributed by atoms with Gasteiger partial charge < -0.3 is 20.3 Å². The van der Waals surface area contributed by atoms with Crippen LogP contribution in [0.2, 0.25) is 0 Å². The smallest absolute Gasteiger partial charge is 0.408 e. The lowest BCUT2D eigenvalue weighted by atomic mass is 9.93. The lowest BCUT2D eigenvalue weighted by Crippen LogP contribution is -2.57. The highest BCUT2D eigenvalue weighted by atomic mass is 127. The molecule has 0 aromatic carbocycles. The van der Waals surface area contributed by atoms with Crippen molar-refractivity contribution in [1.29, 1.82) is 0 Å². The van der Waals surface area contributed by atoms with E-state index < -0.39 is 5.60 Å². The maximum atomic E-state index is 12.3. The number of rotatable bonds is 6. The number of aliphatic imine (C=N–C) groups is 1. The van der Waals surface area contributed by atoms with E-state index in [1.165, 1.54) is 32.4 Å². The summed E-state index contributed by atoms with van der Waals surface area (Å²) in [7, 11) is 1.84. The van der Waals surface area contributed by atoms with Gasteiger partial charge in [0.05, 0.1) is 5.54 Å². The van der Waals surface area contributed by atoms with Crippen LogP contribution in [0.3, 0.4) is 0 Å². The number of ether oxygens (including phenoxy) is 1. The monoisotopic (exact) mass is 523 g/mol. The fourth-order valence-corrected chi connectivity index (χ4v) is 4.16. The highest BCUT2D eigenvalue weighted by molar-refractivity contribution is 14.0. The Balaban J connectivity index is 0.00000420. The molecule has 8 heteroatoms. The molecule has 0 spiro atoms. The number of guanidine groups is 1. The molecule has 2 fully saturated rings. The van der Waals surface area contributed by atoms with E-state index in [1.54, 1.807) is 0 Å². The number of alkyl carbamates (subject to hydrolysis) is 1. The SMILES string of the molecule is CCC(CC)(CNC(=NC)N1CCC(N2CCCC2)C1)NC(=O)OC(C)(C)C.I. The predicted octanol–water partition coefficient (Wildman–Crippen LogP) is 3.43. The highest BCUT2D eigenvalue weighted by Gasteiger charge is 2.33. The van der Waals surface area contributed by atoms with Gasteiger partial charge in [-0.25, -0.2) is 4.79 Å². The fraction of sp³-hybridized carbons (Fsp3) is 0.905. The largest absolute Gasteiger partial charge is 0.444 e. The third-order valence-electron chi connectivity index (χ3n) is 6.04. The molecule has 7 nitrogen and oxygen atoms in total. The van der Waals surface area contributed by atoms with Crippen molar-refractivity contribution in [3.05, 3.63) is 0 Å². The maximum Gasteiger partial charge on any atom is 0.408 e. The molecule has 1 atom stereocenters. The summed E-state index contributed by atoms with van der Waals surface area (Å²) in [6.45, 7) is 15.0. The molecule has 0 aromatic heterocycles. The zero-order valence-electron chi connectivity index (χ0n) is 19.2. The Morgan fingerprint density at radius 1 is 1.14 bits per heavy atom. The molecular weight excluding hydrogens is 481 g/mol. The average molecular weight is 524 g/mol. The zero-order chi connectivity index (χ0) is 20.8. The van der Waals surface area contributed by atoms with Crippen LogP contribution in [-0.2, 0) is 4.74 Å². The van der Waals surface area contributed by atoms with Gasteiger partial charge in [-0.3, -0.25) is 9.89 Å². The van der Waals surface area contributed by atoms with Crippen molar-refractivity contribution in [3.63, 3.8) is 0 Å². The minimum Gasteiger partial charge on any atom is -0.444 e. The van der Waals surface area contributed by atoms with E-state index in [0.29, 0.717) is 12.6 Å². The molecule has 0 aromatic rings. The second-order valence-corrected chi connectivity index (χ2v) is 9.15. The molecule has 170 valence electrons. The number of halogens is 1. The van der Waals surface area contributed by atoms with Crippen molar-refractivity contribution in [1.82, 2.24) is 20.4 Å². The van der Waals surface area contributed by atoms with E-state index in [4.69, 9.17) is 4.74 Å². The van der Waals surface area contributed by atoms with Crippen molar-refractivity contribution >= 4 is 36.0 Å². The maximum absolute atomic E-state index is 12.3. The Labute approximate surface area is 194 Å². The molecule has 1 amide bonds. The van der Waals surface area contributed by atoms with Gasteiger partial charge in [0.1, 0.15) is 5.60 Å². The summed E-state index contributed by atoms with van der Waals surface area (Å²) < 4.78 is 5.48. The summed E-state index contributed by atoms with van der Waals surface area (Å²) in [5.74, 6) is 0.930. The first-order valence-corrected chi connectivity index (χ1v) is 10.9. The molecular formula is C21H42IN5O2. The number of carbonyl (C=O) groups excluding carboxylic acids is 1. The molecule has 0 aliphatic carbocycles. The van der Waals surface area contributed by atoms with Gasteiger partial charge in [0, 0.05) is 32.7 Å². The van der Waals surface area contributed by atoms with Crippen LogP contribution in [0.1, 0.15) is 66.7 Å². The fourth-order valence-electron chi connectivity index (χ4n) is 4.16. The van der Waals surface area contributed by atoms with Gasteiger partial charge in [-0.2, -0.15) is 0 Å². The minimum atomic E-state index is -0.499. The van der Waals surface area contributed by atoms with Gasteiger partial charge in [0.15, 0.2) is 5.96 Å². The Hall–Kier alpha value is -0.770. The summed E-state index contributed by atoms with van der Waals surface area (Å²) in [6.07, 6.45) is 5.14. The first kappa shape index (κ1) is 26.3. The topological polar surface area (TPSA) is 69.2 Å². The van der Waals surface area contributed by atoms with Crippen LogP contribution in [0.5, 0.6) is 0 Å². The lowest BCUT2D eigenvalue weighted by Gasteiger charge is -2.35. The molecule has 2 heterocycles. The standard InChI is InChI=1S/C21H41N5O2.HI/c1-7-21(8-2,24-19(27)28-20(3,4)5)16-23-18(22-6)26-14-11-17(15-26)25-12-9-10-13-25;/h17H,7-16H2,1-6H3,(H,22,23)(H,24,27);1H. The normalized spacial score (nSPS) is 21.1. The highest BCUT2D eigenvalue weighted by Crippen LogP contribution is 2.21. The number of nitrogens with zero attached hydrogens (tertiary/aromatic N) is 3. The van der Waals surface area contributed by atoms with Crippen LogP contribution < -0.4 is 10.6 Å². The third-order valence-corrected chi connectivity index (χ3v) is 6.04. The van der Waals surface area contributed by atoms with E-state index >= 15 is 0 Å². The van der Waals surface area contributed by atoms with Crippen LogP contribution in [0.25, 0.3) is 0 Å². The lowest BCUT2D eigenvalue weighted by molar-refractivity contribution is 0.0448. The number of hydrogen-bond acceptors (Lipinski definition) is 4. The molecule has 1 unspecified atom stereocenters. The van der Waals surface area contributed by atoms with Crippen LogP contribution in [0, 0.1) is 0 Å². The van der Waals surface area contributed by atoms with Gasteiger partial charge in [0.2, 0.25) is 0 Å². The van der Waals surface area contributed by atoms with Crippen LogP contribution in [0.15, 0.2) is 4.99 Å². The Bertz CT molecular complexity index is 540. The Morgan fingerprint density at radius 3 is 2.28 bits per heavy atom. The van der Waals surface area contributed by atoms with E-state index in [9.17, 15) is 4.79 Å². The van der Waals surface area contributed by atoms with Crippen LogP contribution in [0.4, 0.5) is 4.79 Å². The first-order chi connectivity index (χ1) is 13.2. The van der Waals surface area contributed by atoms with Gasteiger partial charge in [-0.15, -0.1) is 24.0 Å². The van der Waals surface area contributed by atoms with Gasteiger partial charge >= 0.3 is 6.09 Å². The van der Waals surface area contributed by atoms with Gasteiger partial charge in [0.25, 0.3) is 0 Å². The number of carbonyl (C=O) groups is 1. The number of likely N-dealkylation sites (tertiary alicyclic amines) is 2. The second kappa shape index (κ2) is 11.6. The summed E-state index contributed by atoms with van der Waals surface area (Å²) >= 11 is 0. The molecule has 0 bridgehead atoms. The molecule has 2 N–H and O–H groups in total. The Kier molecular flexibility index (Phi) is 10.5. The van der Waals surface area contributed by atoms with Crippen molar-refractivity contribution < 1.29 is 9.53 Å². The molecule has 29 heavy (non-hydrogen) atoms. The van der Waals surface area contributed by atoms with Crippen LogP contribution in [-0.4, -0.2) is 78.8 Å². The second-order valence-electron chi connectivity index (χ2n) is 9.15. The van der Waals surface area contributed by atoms with E-state index in [0.717, 1.165) is 31.9 Å². The van der Waals surface area contributed by atoms with E-state index in [2.05, 4.69) is 39.3 Å². The number of nitrogens with one attached hydrogen (secondary N) is 2. The zero-order valence-corrected chi connectivity index (χ0v) is 21.5.